The molecule has 22 N–H and O–H groups in total. The minimum absolute atomic E-state index is 0.0126. The van der Waals surface area contributed by atoms with E-state index in [1.807, 2.05) is 44.2 Å². The molecule has 7 rings (SSSR count). The Bertz CT molecular complexity index is 2210. The molecule has 0 spiro atoms. The van der Waals surface area contributed by atoms with Crippen LogP contribution in [0.4, 0.5) is 10.5 Å². The number of nitrogens with one attached hydrogen (secondary N) is 1. The van der Waals surface area contributed by atoms with Crippen LogP contribution in [0.25, 0.3) is 0 Å². The number of hydrogen-bond donors (Lipinski definition) is 16. The lowest BCUT2D eigenvalue weighted by Crippen LogP contribution is -2.68. The van der Waals surface area contributed by atoms with Crippen molar-refractivity contribution in [3.63, 3.8) is 0 Å². The summed E-state index contributed by atoms with van der Waals surface area (Å²) in [7, 11) is -3.90. The fourth-order valence-corrected chi connectivity index (χ4v) is 11.2. The fourth-order valence-electron chi connectivity index (χ4n) is 9.60. The fraction of sp³-hybridized carbons (Fsp3) is 0.729. The number of amides is 1. The number of nitrogens with zero attached hydrogens (tertiary/aromatic N) is 1. The maximum atomic E-state index is 13.4. The molecule has 5 fully saturated rings. The Morgan fingerprint density at radius 1 is 0.727 bits per heavy atom. The maximum Gasteiger partial charge on any atom is 0.407 e. The molecule has 28 nitrogen and oxygen atoms in total. The second-order valence-corrected chi connectivity index (χ2v) is 22.3. The van der Waals surface area contributed by atoms with Crippen LogP contribution in [-0.2, 0) is 54.3 Å². The van der Waals surface area contributed by atoms with E-state index in [1.54, 1.807) is 0 Å². The Morgan fingerprint density at radius 2 is 1.30 bits per heavy atom. The first-order chi connectivity index (χ1) is 36.5. The number of benzene rings is 2. The van der Waals surface area contributed by atoms with E-state index in [0.29, 0.717) is 31.7 Å². The summed E-state index contributed by atoms with van der Waals surface area (Å²) in [5.41, 5.74) is 37.0. The first-order valence-corrected chi connectivity index (χ1v) is 27.0. The molecule has 1 saturated carbocycles. The summed E-state index contributed by atoms with van der Waals surface area (Å²) in [6, 6.07) is 10.3. The number of nitrogens with two attached hydrogens (primary N) is 6. The number of carbonyl (C=O) groups is 1. The number of rotatable bonds is 20. The van der Waals surface area contributed by atoms with Crippen LogP contribution in [0.5, 0.6) is 0 Å². The predicted octanol–water partition coefficient (Wildman–Crippen LogP) is -6.46. The van der Waals surface area contributed by atoms with Crippen molar-refractivity contribution < 1.29 is 97.1 Å². The Morgan fingerprint density at radius 3 is 1.87 bits per heavy atom. The van der Waals surface area contributed by atoms with E-state index in [9.17, 15) is 59.2 Å². The van der Waals surface area contributed by atoms with Gasteiger partial charge in [0.05, 0.1) is 61.7 Å². The summed E-state index contributed by atoms with van der Waals surface area (Å²) in [6.45, 7) is 3.18. The maximum absolute atomic E-state index is 13.4. The lowest BCUT2D eigenvalue weighted by Gasteiger charge is -2.47. The summed E-state index contributed by atoms with van der Waals surface area (Å²) in [6.07, 6.45) is -21.8. The standard InChI is InChI=1S/C25H35N3O6S.C23H45N5O14/c1-18(2)15-28(35(31,32)22-10-8-20(26)9-11-22)16-24(29)23(14-19-6-4-3-5-7-19)27-25(30)34-21-12-13-33-17-21;24-2-7-13(32)15(34)10(27)21(37-7)41-19-9(4-30)39-23(17(19)36)42-20-12(31)5(25)1-6(26)18(20)40-22-11(28)16(35)14(33)8(3-29)38-22/h3-11,18,21,23-24,29H,12-17,26H2,1-2H3,(H,27,30);5-23,29-36H,1-4,24-28H2/t21-,23-,24+;5-,6+,7+,8-,9-,10-,11-,12+,13-,14-,15-,16-,17-,18-,19-,20-,21-,22-,23+/m01/s1. The van der Waals surface area contributed by atoms with E-state index >= 15 is 0 Å². The summed E-state index contributed by atoms with van der Waals surface area (Å²) in [5.74, 6) is 0.0126. The SMILES string of the molecule is CC(C)CN(C[C@@H](O)[C@H](Cc1ccccc1)NC(=O)O[C@H]1CCOC1)S(=O)(=O)c1ccc(N)cc1.NC[C@@H]1O[C@H](O[C@H]2[C@@H](O)[C@H](O[C@@H]3[C@@H](O)[C@H](N)C[C@H](N)[C@H]3O[C@H]3O[C@H](CO)[C@@H](O)[C@H](O)[C@H]3N)O[C@@H]2CO)[C@H](N)[C@@H](O)[C@@H]1O. The van der Waals surface area contributed by atoms with Crippen LogP contribution in [0, 0.1) is 5.92 Å². The summed E-state index contributed by atoms with van der Waals surface area (Å²) in [5, 5.41) is 96.3. The number of anilines is 1. The zero-order valence-corrected chi connectivity index (χ0v) is 43.7. The smallest absolute Gasteiger partial charge is 0.407 e. The summed E-state index contributed by atoms with van der Waals surface area (Å²) >= 11 is 0. The van der Waals surface area contributed by atoms with Gasteiger partial charge in [-0.1, -0.05) is 44.2 Å². The topological polar surface area (TPSA) is 479 Å². The number of alkyl carbamates (subject to hydrolysis) is 1. The third kappa shape index (κ3) is 15.7. The molecule has 22 atom stereocenters. The van der Waals surface area contributed by atoms with E-state index in [0.717, 1.165) is 5.56 Å². The third-order valence-corrected chi connectivity index (χ3v) is 15.9. The first kappa shape index (κ1) is 62.8. The molecule has 4 heterocycles. The van der Waals surface area contributed by atoms with Gasteiger partial charge in [-0.3, -0.25) is 0 Å². The predicted molar refractivity (Wildman–Crippen MR) is 270 cm³/mol. The minimum atomic E-state index is -3.90. The Hall–Kier alpha value is -3.42. The molecule has 0 radical (unpaired) electrons. The van der Waals surface area contributed by atoms with Gasteiger partial charge in [0.25, 0.3) is 0 Å². The number of aliphatic hydroxyl groups excluding tert-OH is 9. The van der Waals surface area contributed by atoms with Crippen LogP contribution in [0.3, 0.4) is 0 Å². The van der Waals surface area contributed by atoms with Crippen molar-refractivity contribution >= 4 is 21.8 Å². The van der Waals surface area contributed by atoms with Gasteiger partial charge in [0, 0.05) is 43.8 Å². The molecule has 2 aromatic carbocycles. The highest BCUT2D eigenvalue weighted by Gasteiger charge is 2.54. The van der Waals surface area contributed by atoms with Gasteiger partial charge in [-0.15, -0.1) is 0 Å². The van der Waals surface area contributed by atoms with Crippen LogP contribution in [0.1, 0.15) is 32.3 Å². The molecular formula is C48H80N8O20S. The third-order valence-electron chi connectivity index (χ3n) is 14.0. The van der Waals surface area contributed by atoms with Gasteiger partial charge < -0.3 is 124 Å². The molecular weight excluding hydrogens is 1040 g/mol. The number of sulfonamides is 1. The molecule has 4 saturated heterocycles. The molecule has 0 unspecified atom stereocenters. The molecule has 0 bridgehead atoms. The molecule has 4 aliphatic heterocycles. The molecule has 438 valence electrons. The van der Waals surface area contributed by atoms with E-state index in [4.69, 9.17) is 72.3 Å². The van der Waals surface area contributed by atoms with Gasteiger partial charge in [-0.2, -0.15) is 4.31 Å². The average molecular weight is 1120 g/mol. The van der Waals surface area contributed by atoms with Crippen molar-refractivity contribution in [2.45, 2.75) is 173 Å². The highest BCUT2D eigenvalue weighted by atomic mass is 32.2. The number of hydrogen-bond acceptors (Lipinski definition) is 26. The minimum Gasteiger partial charge on any atom is -0.444 e. The Balaban J connectivity index is 0.000000254. The van der Waals surface area contributed by atoms with Crippen molar-refractivity contribution in [3.8, 4) is 0 Å². The van der Waals surface area contributed by atoms with Gasteiger partial charge in [0.2, 0.25) is 10.0 Å². The van der Waals surface area contributed by atoms with Gasteiger partial charge >= 0.3 is 6.09 Å². The summed E-state index contributed by atoms with van der Waals surface area (Å²) in [4.78, 5) is 12.7. The lowest BCUT2D eigenvalue weighted by atomic mass is 9.84. The second kappa shape index (κ2) is 28.3. The molecule has 5 aliphatic rings. The largest absolute Gasteiger partial charge is 0.444 e. The van der Waals surface area contributed by atoms with E-state index in [2.05, 4.69) is 5.32 Å². The molecule has 0 aromatic heterocycles. The summed E-state index contributed by atoms with van der Waals surface area (Å²) < 4.78 is 73.1. The van der Waals surface area contributed by atoms with Crippen LogP contribution >= 0.6 is 0 Å². The van der Waals surface area contributed by atoms with Gasteiger partial charge in [0.15, 0.2) is 18.9 Å². The quantitative estimate of drug-likeness (QED) is 0.0548. The average Bonchev–Trinajstić information content (AvgIpc) is 4.04. The van der Waals surface area contributed by atoms with Crippen molar-refractivity contribution in [2.75, 3.05) is 51.8 Å². The molecule has 29 heteroatoms. The van der Waals surface area contributed by atoms with Gasteiger partial charge in [-0.25, -0.2) is 13.2 Å². The zero-order valence-electron chi connectivity index (χ0n) is 42.9. The van der Waals surface area contributed by atoms with Crippen LogP contribution in [0.2, 0.25) is 0 Å². The number of aliphatic hydroxyl groups is 9. The highest BCUT2D eigenvalue weighted by Crippen LogP contribution is 2.35. The van der Waals surface area contributed by atoms with E-state index < -0.39 is 158 Å². The van der Waals surface area contributed by atoms with Crippen molar-refractivity contribution in [2.24, 2.45) is 34.6 Å². The lowest BCUT2D eigenvalue weighted by molar-refractivity contribution is -0.310. The van der Waals surface area contributed by atoms with Crippen molar-refractivity contribution in [1.82, 2.24) is 9.62 Å². The normalized spacial score (nSPS) is 37.5. The van der Waals surface area contributed by atoms with Gasteiger partial charge in [-0.05, 0) is 48.6 Å². The number of nitrogen functional groups attached to an aromatic ring is 1. The first-order valence-electron chi connectivity index (χ1n) is 25.6. The number of ether oxygens (including phenoxy) is 8. The Kier molecular flexibility index (Phi) is 23.1. The van der Waals surface area contributed by atoms with Gasteiger partial charge in [0.1, 0.15) is 73.2 Å². The van der Waals surface area contributed by atoms with Crippen molar-refractivity contribution in [3.05, 3.63) is 60.2 Å². The molecule has 2 aromatic rings. The monoisotopic (exact) mass is 1120 g/mol. The molecule has 1 amide bonds. The van der Waals surface area contributed by atoms with Crippen LogP contribution < -0.4 is 39.7 Å². The highest BCUT2D eigenvalue weighted by molar-refractivity contribution is 7.89. The second-order valence-electron chi connectivity index (χ2n) is 20.4. The molecule has 77 heavy (non-hydrogen) atoms. The zero-order chi connectivity index (χ0) is 56.5. The van der Waals surface area contributed by atoms with Crippen molar-refractivity contribution in [1.29, 1.82) is 0 Å². The van der Waals surface area contributed by atoms with Crippen LogP contribution in [-0.4, -0.2) is 245 Å². The van der Waals surface area contributed by atoms with E-state index in [1.165, 1.54) is 28.6 Å². The molecule has 1 aliphatic carbocycles. The Labute approximate surface area is 446 Å². The van der Waals surface area contributed by atoms with E-state index in [-0.39, 0.29) is 43.0 Å². The van der Waals surface area contributed by atoms with Crippen LogP contribution in [0.15, 0.2) is 59.5 Å². The number of carbonyl (C=O) groups excluding carboxylic acids is 1.